The molecular formula is C58H58N12O12S4. The number of hydrogen-bond acceptors (Lipinski definition) is 20. The Labute approximate surface area is 511 Å². The number of ether oxygens (including phenoxy) is 4. The third kappa shape index (κ3) is 15.5. The van der Waals surface area contributed by atoms with Gasteiger partial charge in [-0.3, -0.25) is 38.4 Å². The van der Waals surface area contributed by atoms with Gasteiger partial charge in [0.1, 0.15) is 70.9 Å². The van der Waals surface area contributed by atoms with E-state index in [0.717, 1.165) is 44.5 Å². The monoisotopic (exact) mass is 1240 g/mol. The molecule has 5 aromatic rings. The van der Waals surface area contributed by atoms with Crippen LogP contribution in [0.15, 0.2) is 130 Å². The summed E-state index contributed by atoms with van der Waals surface area (Å²) in [6.45, 7) is 11.3. The number of amides is 8. The summed E-state index contributed by atoms with van der Waals surface area (Å²) >= 11 is 4.94. The normalized spacial score (nSPS) is 17.9. The fraction of sp³-hybridized carbons (Fsp3) is 0.276. The van der Waals surface area contributed by atoms with E-state index < -0.39 is 21.5 Å². The van der Waals surface area contributed by atoms with Crippen LogP contribution in [0.2, 0.25) is 0 Å². The Kier molecular flexibility index (Phi) is 19.7. The predicted molar refractivity (Wildman–Crippen MR) is 326 cm³/mol. The molecule has 86 heavy (non-hydrogen) atoms. The maximum absolute atomic E-state index is 12.6. The SMILES string of the molecule is CC(=O)NC1=NN(C(C)=O)C(c2ccc(OCc3cc(COc4ccc(C5SC(NC(C)=O)=NN5C(C)=O)cc4)c(COc4ccc(C5SC(NC(C)=O)=NN5C(C)=O)cc4)cc3COc3ccc(C4SC(NC(C)=O)=NN4C(C)=O)cc3)cc2)S1. The van der Waals surface area contributed by atoms with E-state index in [2.05, 4.69) is 41.7 Å². The van der Waals surface area contributed by atoms with Gasteiger partial charge in [-0.1, -0.05) is 95.6 Å². The molecule has 8 amide bonds. The molecule has 446 valence electrons. The van der Waals surface area contributed by atoms with E-state index in [0.29, 0.717) is 43.7 Å². The summed E-state index contributed by atoms with van der Waals surface area (Å²) in [5, 5.41) is 32.3. The molecule has 28 heteroatoms. The molecule has 0 saturated heterocycles. The van der Waals surface area contributed by atoms with E-state index >= 15 is 0 Å². The summed E-state index contributed by atoms with van der Waals surface area (Å²) in [7, 11) is 0. The standard InChI is InChI=1S/C58H58N12O12S4/c1-31(71)59-55-63-67(35(5)75)51(83-55)39-9-17-47(18-10-39)79-27-43-25-45(29-81-49-21-13-41(14-22-49)53-69(37(7)77)65-57(85-53)61-33(3)73)46(30-82-50-23-15-42(16-24-50)54-70(38(8)78)66-58(86-54)62-34(4)74)26-44(43)28-80-48-19-11-40(12-20-48)52-68(36(6)76)64-56(84-52)60-32(2)72/h9-26,51-54H,27-30H2,1-8H3,(H,59,63,71)(H,60,64,72)(H,61,65,73)(H,62,66,74). The van der Waals surface area contributed by atoms with Gasteiger partial charge in [-0.25, -0.2) is 20.0 Å². The highest BCUT2D eigenvalue weighted by atomic mass is 32.2. The lowest BCUT2D eigenvalue weighted by atomic mass is 9.99. The molecule has 0 saturated carbocycles. The van der Waals surface area contributed by atoms with Gasteiger partial charge in [0.25, 0.3) is 0 Å². The van der Waals surface area contributed by atoms with Crippen LogP contribution in [0.25, 0.3) is 0 Å². The van der Waals surface area contributed by atoms with Crippen LogP contribution in [0.1, 0.15) is 121 Å². The van der Waals surface area contributed by atoms with Crippen molar-refractivity contribution in [1.29, 1.82) is 0 Å². The summed E-state index contributed by atoms with van der Waals surface area (Å²) < 4.78 is 26.0. The molecule has 0 bridgehead atoms. The highest BCUT2D eigenvalue weighted by Gasteiger charge is 2.36. The van der Waals surface area contributed by atoms with Crippen LogP contribution < -0.4 is 40.2 Å². The van der Waals surface area contributed by atoms with Gasteiger partial charge in [0.2, 0.25) is 47.3 Å². The van der Waals surface area contributed by atoms with Gasteiger partial charge >= 0.3 is 0 Å². The molecule has 4 N–H and O–H groups in total. The van der Waals surface area contributed by atoms with Crippen LogP contribution in [-0.4, -0.2) is 88.0 Å². The zero-order valence-corrected chi connectivity index (χ0v) is 50.9. The molecule has 0 aliphatic carbocycles. The zero-order valence-electron chi connectivity index (χ0n) is 47.6. The van der Waals surface area contributed by atoms with Crippen molar-refractivity contribution in [2.24, 2.45) is 20.4 Å². The van der Waals surface area contributed by atoms with Gasteiger partial charge in [-0.15, -0.1) is 20.4 Å². The molecule has 4 unspecified atom stereocenters. The number of nitrogens with zero attached hydrogens (tertiary/aromatic N) is 8. The summed E-state index contributed by atoms with van der Waals surface area (Å²) in [4.78, 5) is 97.8. The second-order valence-corrected chi connectivity index (χ2v) is 23.8. The number of carbonyl (C=O) groups is 8. The van der Waals surface area contributed by atoms with E-state index in [-0.39, 0.29) is 73.7 Å². The molecule has 24 nitrogen and oxygen atoms in total. The molecule has 0 radical (unpaired) electrons. The summed E-state index contributed by atoms with van der Waals surface area (Å²) in [5.41, 5.74) is 5.93. The summed E-state index contributed by atoms with van der Waals surface area (Å²) in [5.74, 6) is -0.397. The molecule has 9 rings (SSSR count). The van der Waals surface area contributed by atoms with Gasteiger partial charge in [0, 0.05) is 55.4 Å². The minimum Gasteiger partial charge on any atom is -0.489 e. The summed E-state index contributed by atoms with van der Waals surface area (Å²) in [6.07, 6.45) is 0. The first-order valence-corrected chi connectivity index (χ1v) is 30.0. The first-order valence-electron chi connectivity index (χ1n) is 26.5. The Morgan fingerprint density at radius 2 is 0.523 bits per heavy atom. The minimum atomic E-state index is -0.525. The number of benzene rings is 5. The number of thioether (sulfide) groups is 4. The van der Waals surface area contributed by atoms with Crippen LogP contribution in [0, 0.1) is 0 Å². The molecule has 4 atom stereocenters. The number of rotatable bonds is 16. The van der Waals surface area contributed by atoms with E-state index in [1.807, 2.05) is 60.7 Å². The van der Waals surface area contributed by atoms with Gasteiger partial charge in [0.05, 0.1) is 0 Å². The van der Waals surface area contributed by atoms with Crippen LogP contribution in [0.3, 0.4) is 0 Å². The number of hydrogen-bond donors (Lipinski definition) is 4. The molecule has 0 fully saturated rings. The first kappa shape index (κ1) is 61.7. The smallest absolute Gasteiger partial charge is 0.241 e. The molecule has 4 heterocycles. The average Bonchev–Trinajstić information content (AvgIpc) is 2.44. The van der Waals surface area contributed by atoms with Crippen LogP contribution in [0.4, 0.5) is 0 Å². The van der Waals surface area contributed by atoms with Crippen molar-refractivity contribution in [3.05, 3.63) is 154 Å². The van der Waals surface area contributed by atoms with Crippen LogP contribution in [0.5, 0.6) is 23.0 Å². The maximum Gasteiger partial charge on any atom is 0.241 e. The number of amidine groups is 4. The largest absolute Gasteiger partial charge is 0.489 e. The fourth-order valence-electron chi connectivity index (χ4n) is 8.81. The minimum absolute atomic E-state index is 0.0588. The van der Waals surface area contributed by atoms with E-state index in [1.54, 1.807) is 48.5 Å². The van der Waals surface area contributed by atoms with E-state index in [1.165, 1.54) is 122 Å². The molecular weight excluding hydrogens is 1180 g/mol. The lowest BCUT2D eigenvalue weighted by Gasteiger charge is -2.21. The van der Waals surface area contributed by atoms with Gasteiger partial charge in [0.15, 0.2) is 20.7 Å². The van der Waals surface area contributed by atoms with Crippen molar-refractivity contribution in [3.8, 4) is 23.0 Å². The van der Waals surface area contributed by atoms with Crippen LogP contribution in [-0.2, 0) is 64.8 Å². The predicted octanol–water partition coefficient (Wildman–Crippen LogP) is 8.01. The van der Waals surface area contributed by atoms with Crippen molar-refractivity contribution in [2.75, 3.05) is 0 Å². The van der Waals surface area contributed by atoms with Crippen LogP contribution >= 0.6 is 47.0 Å². The third-order valence-electron chi connectivity index (χ3n) is 12.8. The molecule has 4 aliphatic rings. The third-order valence-corrected chi connectivity index (χ3v) is 17.2. The highest BCUT2D eigenvalue weighted by molar-refractivity contribution is 8.15. The lowest BCUT2D eigenvalue weighted by molar-refractivity contribution is -0.130. The average molecular weight is 1240 g/mol. The molecule has 5 aromatic carbocycles. The topological polar surface area (TPSA) is 284 Å². The molecule has 0 spiro atoms. The number of hydrazone groups is 4. The van der Waals surface area contributed by atoms with Gasteiger partial charge in [-0.05, 0) is 105 Å². The second kappa shape index (κ2) is 27.5. The quantitative estimate of drug-likeness (QED) is 0.0728. The van der Waals surface area contributed by atoms with E-state index in [4.69, 9.17) is 18.9 Å². The Bertz CT molecular complexity index is 3140. The van der Waals surface area contributed by atoms with Crippen molar-refractivity contribution in [3.63, 3.8) is 0 Å². The van der Waals surface area contributed by atoms with Gasteiger partial charge < -0.3 is 40.2 Å². The molecule has 4 aliphatic heterocycles. The van der Waals surface area contributed by atoms with Crippen molar-refractivity contribution in [1.82, 2.24) is 41.3 Å². The van der Waals surface area contributed by atoms with Crippen molar-refractivity contribution >= 4 is 115 Å². The van der Waals surface area contributed by atoms with E-state index in [9.17, 15) is 38.4 Å². The van der Waals surface area contributed by atoms with Crippen molar-refractivity contribution < 1.29 is 57.3 Å². The Hall–Kier alpha value is -8.86. The summed E-state index contributed by atoms with van der Waals surface area (Å²) in [6, 6.07) is 32.8. The number of carbonyl (C=O) groups excluding carboxylic acids is 8. The first-order chi connectivity index (χ1) is 41.1. The van der Waals surface area contributed by atoms with Gasteiger partial charge in [-0.2, -0.15) is 0 Å². The fourth-order valence-corrected chi connectivity index (χ4v) is 13.4. The second-order valence-electron chi connectivity index (χ2n) is 19.5. The number of nitrogens with one attached hydrogen (secondary N) is 4. The Morgan fingerprint density at radius 3 is 0.686 bits per heavy atom. The lowest BCUT2D eigenvalue weighted by Crippen LogP contribution is -2.25. The Morgan fingerprint density at radius 1 is 0.337 bits per heavy atom. The maximum atomic E-state index is 12.6. The molecule has 0 aromatic heterocycles. The highest BCUT2D eigenvalue weighted by Crippen LogP contribution is 2.43. The van der Waals surface area contributed by atoms with Crippen molar-refractivity contribution in [2.45, 2.75) is 103 Å². The zero-order chi connectivity index (χ0) is 61.3. The Balaban J connectivity index is 1.01.